The monoisotopic (exact) mass is 346 g/mol. The number of benzene rings is 1. The fourth-order valence-electron chi connectivity index (χ4n) is 3.03. The number of hydrogen-bond acceptors (Lipinski definition) is 3. The largest absolute Gasteiger partial charge is 0.484 e. The molecule has 0 bridgehead atoms. The molecule has 1 aromatic carbocycles. The van der Waals surface area contributed by atoms with Crippen LogP contribution in [-0.4, -0.2) is 54.4 Å². The van der Waals surface area contributed by atoms with Crippen molar-refractivity contribution in [3.8, 4) is 5.75 Å². The Hall–Kier alpha value is -2.04. The summed E-state index contributed by atoms with van der Waals surface area (Å²) in [4.78, 5) is 28.2. The second-order valence-electron chi connectivity index (χ2n) is 6.90. The predicted molar refractivity (Wildman–Crippen MR) is 98.5 cm³/mol. The van der Waals surface area contributed by atoms with E-state index in [1.165, 1.54) is 5.56 Å². The van der Waals surface area contributed by atoms with Gasteiger partial charge in [0.2, 0.25) is 5.91 Å². The summed E-state index contributed by atoms with van der Waals surface area (Å²) in [5.41, 5.74) is 1.28. The molecule has 25 heavy (non-hydrogen) atoms. The summed E-state index contributed by atoms with van der Waals surface area (Å²) >= 11 is 0. The lowest BCUT2D eigenvalue weighted by Crippen LogP contribution is -2.40. The second kappa shape index (κ2) is 9.44. The van der Waals surface area contributed by atoms with Crippen molar-refractivity contribution in [2.75, 3.05) is 32.8 Å². The highest BCUT2D eigenvalue weighted by atomic mass is 16.5. The molecule has 0 aromatic heterocycles. The molecule has 1 saturated heterocycles. The summed E-state index contributed by atoms with van der Waals surface area (Å²) in [6.07, 6.45) is 2.98. The molecule has 0 spiro atoms. The Kier molecular flexibility index (Phi) is 7.29. The summed E-state index contributed by atoms with van der Waals surface area (Å²) in [6, 6.07) is 7.93. The minimum absolute atomic E-state index is 0.00117. The van der Waals surface area contributed by atoms with Crippen LogP contribution in [0.2, 0.25) is 0 Å². The van der Waals surface area contributed by atoms with Gasteiger partial charge in [-0.3, -0.25) is 9.59 Å². The van der Waals surface area contributed by atoms with Gasteiger partial charge in [0, 0.05) is 32.1 Å². The van der Waals surface area contributed by atoms with E-state index in [0.29, 0.717) is 19.6 Å². The minimum atomic E-state index is -0.0171. The molecule has 1 fully saturated rings. The van der Waals surface area contributed by atoms with Crippen molar-refractivity contribution in [2.24, 2.45) is 5.92 Å². The van der Waals surface area contributed by atoms with Crippen LogP contribution < -0.4 is 4.74 Å². The third-order valence-electron chi connectivity index (χ3n) is 4.48. The summed E-state index contributed by atoms with van der Waals surface area (Å²) in [7, 11) is 0. The van der Waals surface area contributed by atoms with Crippen molar-refractivity contribution in [1.29, 1.82) is 0 Å². The highest BCUT2D eigenvalue weighted by molar-refractivity contribution is 5.79. The minimum Gasteiger partial charge on any atom is -0.484 e. The van der Waals surface area contributed by atoms with Crippen molar-refractivity contribution in [2.45, 2.75) is 40.0 Å². The van der Waals surface area contributed by atoms with Gasteiger partial charge < -0.3 is 14.5 Å². The maximum Gasteiger partial charge on any atom is 0.260 e. The van der Waals surface area contributed by atoms with Crippen LogP contribution in [0.1, 0.15) is 39.2 Å². The molecule has 0 aliphatic carbocycles. The van der Waals surface area contributed by atoms with E-state index >= 15 is 0 Å². The molecule has 138 valence electrons. The maximum absolute atomic E-state index is 12.4. The number of carbonyl (C=O) groups is 2. The van der Waals surface area contributed by atoms with E-state index in [4.69, 9.17) is 4.74 Å². The van der Waals surface area contributed by atoms with Gasteiger partial charge in [-0.1, -0.05) is 39.3 Å². The summed E-state index contributed by atoms with van der Waals surface area (Å²) < 4.78 is 5.64. The van der Waals surface area contributed by atoms with Gasteiger partial charge in [-0.2, -0.15) is 0 Å². The van der Waals surface area contributed by atoms with Crippen molar-refractivity contribution in [1.82, 2.24) is 9.80 Å². The Bertz CT molecular complexity index is 569. The van der Waals surface area contributed by atoms with E-state index < -0.39 is 0 Å². The lowest BCUT2D eigenvalue weighted by Gasteiger charge is -2.23. The van der Waals surface area contributed by atoms with Gasteiger partial charge in [0.1, 0.15) is 5.75 Å². The van der Waals surface area contributed by atoms with Crippen LogP contribution in [0.4, 0.5) is 0 Å². The van der Waals surface area contributed by atoms with E-state index in [2.05, 4.69) is 6.92 Å². The van der Waals surface area contributed by atoms with Gasteiger partial charge in [0.15, 0.2) is 6.61 Å². The Balaban J connectivity index is 1.81. The summed E-state index contributed by atoms with van der Waals surface area (Å²) in [6.45, 7) is 8.61. The lowest BCUT2D eigenvalue weighted by molar-refractivity contribution is -0.136. The molecule has 5 heteroatoms. The van der Waals surface area contributed by atoms with Crippen LogP contribution >= 0.6 is 0 Å². The first-order chi connectivity index (χ1) is 12.0. The number of ether oxygens (including phenoxy) is 1. The Morgan fingerprint density at radius 2 is 1.68 bits per heavy atom. The summed E-state index contributed by atoms with van der Waals surface area (Å²) in [5, 5.41) is 0. The molecule has 0 saturated carbocycles. The first kappa shape index (κ1) is 19.3. The predicted octanol–water partition coefficient (Wildman–Crippen LogP) is 2.73. The SMILES string of the molecule is CCCc1ccc(OCC(=O)N2CCCN(C(=O)C(C)C)CC2)cc1. The van der Waals surface area contributed by atoms with Gasteiger partial charge in [-0.05, 0) is 30.5 Å². The zero-order valence-corrected chi connectivity index (χ0v) is 15.7. The van der Waals surface area contributed by atoms with Gasteiger partial charge in [-0.25, -0.2) is 0 Å². The van der Waals surface area contributed by atoms with E-state index in [1.807, 2.05) is 43.0 Å². The van der Waals surface area contributed by atoms with Gasteiger partial charge in [0.05, 0.1) is 0 Å². The van der Waals surface area contributed by atoms with Crippen LogP contribution in [-0.2, 0) is 16.0 Å². The number of amides is 2. The highest BCUT2D eigenvalue weighted by Gasteiger charge is 2.23. The molecular weight excluding hydrogens is 316 g/mol. The first-order valence-electron chi connectivity index (χ1n) is 9.29. The number of rotatable bonds is 6. The van der Waals surface area contributed by atoms with Crippen molar-refractivity contribution >= 4 is 11.8 Å². The quantitative estimate of drug-likeness (QED) is 0.796. The summed E-state index contributed by atoms with van der Waals surface area (Å²) in [5.74, 6) is 0.870. The number of carbonyl (C=O) groups excluding carboxylic acids is 2. The fraction of sp³-hybridized carbons (Fsp3) is 0.600. The third-order valence-corrected chi connectivity index (χ3v) is 4.48. The molecule has 5 nitrogen and oxygen atoms in total. The van der Waals surface area contributed by atoms with Crippen LogP contribution in [0.5, 0.6) is 5.75 Å². The highest BCUT2D eigenvalue weighted by Crippen LogP contribution is 2.14. The normalized spacial score (nSPS) is 15.2. The van der Waals surface area contributed by atoms with E-state index in [-0.39, 0.29) is 24.3 Å². The van der Waals surface area contributed by atoms with E-state index in [0.717, 1.165) is 31.6 Å². The van der Waals surface area contributed by atoms with Crippen LogP contribution in [0, 0.1) is 5.92 Å². The van der Waals surface area contributed by atoms with Crippen molar-refractivity contribution in [3.63, 3.8) is 0 Å². The topological polar surface area (TPSA) is 49.9 Å². The molecule has 0 radical (unpaired) electrons. The van der Waals surface area contributed by atoms with Crippen LogP contribution in [0.15, 0.2) is 24.3 Å². The average Bonchev–Trinajstić information content (AvgIpc) is 2.86. The van der Waals surface area contributed by atoms with Crippen LogP contribution in [0.25, 0.3) is 0 Å². The lowest BCUT2D eigenvalue weighted by atomic mass is 10.1. The third kappa shape index (κ3) is 5.76. The van der Waals surface area contributed by atoms with Crippen molar-refractivity contribution in [3.05, 3.63) is 29.8 Å². The van der Waals surface area contributed by atoms with E-state index in [1.54, 1.807) is 4.90 Å². The fourth-order valence-corrected chi connectivity index (χ4v) is 3.03. The van der Waals surface area contributed by atoms with Crippen molar-refractivity contribution < 1.29 is 14.3 Å². The molecule has 0 atom stereocenters. The number of aryl methyl sites for hydroxylation is 1. The Morgan fingerprint density at radius 3 is 2.32 bits per heavy atom. The molecule has 1 aliphatic rings. The molecule has 1 aliphatic heterocycles. The van der Waals surface area contributed by atoms with Gasteiger partial charge in [0.25, 0.3) is 5.91 Å². The molecule has 2 rings (SSSR count). The van der Waals surface area contributed by atoms with E-state index in [9.17, 15) is 9.59 Å². The zero-order valence-electron chi connectivity index (χ0n) is 15.7. The number of hydrogen-bond donors (Lipinski definition) is 0. The van der Waals surface area contributed by atoms with Gasteiger partial charge in [-0.15, -0.1) is 0 Å². The Morgan fingerprint density at radius 1 is 1.04 bits per heavy atom. The first-order valence-corrected chi connectivity index (χ1v) is 9.29. The second-order valence-corrected chi connectivity index (χ2v) is 6.90. The standard InChI is InChI=1S/C20H30N2O3/c1-4-6-17-7-9-18(10-8-17)25-15-19(23)21-11-5-12-22(14-13-21)20(24)16(2)3/h7-10,16H,4-6,11-15H2,1-3H3. The molecule has 2 amide bonds. The maximum atomic E-state index is 12.4. The molecule has 1 heterocycles. The Labute approximate surface area is 150 Å². The molecule has 1 aromatic rings. The number of nitrogens with zero attached hydrogens (tertiary/aromatic N) is 2. The smallest absolute Gasteiger partial charge is 0.260 e. The van der Waals surface area contributed by atoms with Gasteiger partial charge >= 0.3 is 0 Å². The molecule has 0 N–H and O–H groups in total. The zero-order chi connectivity index (χ0) is 18.2. The average molecular weight is 346 g/mol. The van der Waals surface area contributed by atoms with Crippen LogP contribution in [0.3, 0.4) is 0 Å². The molecular formula is C20H30N2O3. The molecule has 0 unspecified atom stereocenters.